The second-order valence-corrected chi connectivity index (χ2v) is 10.2. The van der Waals surface area contributed by atoms with Gasteiger partial charge < -0.3 is 4.74 Å². The number of aromatic nitrogens is 2. The van der Waals surface area contributed by atoms with E-state index in [9.17, 15) is 4.79 Å². The molecule has 210 valence electrons. The highest BCUT2D eigenvalue weighted by Crippen LogP contribution is 2.28. The lowest BCUT2D eigenvalue weighted by molar-refractivity contribution is 0.0949. The molecule has 6 nitrogen and oxygen atoms in total. The molecule has 1 heterocycles. The number of hydrazone groups is 1. The maximum atomic E-state index is 13.1. The van der Waals surface area contributed by atoms with Crippen LogP contribution in [0.3, 0.4) is 0 Å². The molecular formula is C37H30N4O2. The summed E-state index contributed by atoms with van der Waals surface area (Å²) in [6.07, 6.45) is 1.60. The van der Waals surface area contributed by atoms with Crippen molar-refractivity contribution in [2.24, 2.45) is 5.10 Å². The number of nitrogens with zero attached hydrogens (tertiary/aromatic N) is 3. The summed E-state index contributed by atoms with van der Waals surface area (Å²) in [4.78, 5) is 13.1. The van der Waals surface area contributed by atoms with Gasteiger partial charge in [0.1, 0.15) is 12.4 Å². The van der Waals surface area contributed by atoms with E-state index < -0.39 is 5.91 Å². The first kappa shape index (κ1) is 27.4. The third-order valence-corrected chi connectivity index (χ3v) is 6.98. The molecule has 1 amide bonds. The molecule has 0 saturated carbocycles. The Labute approximate surface area is 250 Å². The van der Waals surface area contributed by atoms with E-state index in [1.165, 1.54) is 0 Å². The molecule has 6 aromatic rings. The van der Waals surface area contributed by atoms with E-state index in [1.54, 1.807) is 17.0 Å². The summed E-state index contributed by atoms with van der Waals surface area (Å²) >= 11 is 0. The number of hydrogen-bond acceptors (Lipinski definition) is 4. The van der Waals surface area contributed by atoms with Crippen LogP contribution in [0.5, 0.6) is 5.75 Å². The van der Waals surface area contributed by atoms with E-state index in [0.29, 0.717) is 6.61 Å². The Hall–Kier alpha value is -5.75. The lowest BCUT2D eigenvalue weighted by Crippen LogP contribution is -2.18. The number of ether oxygens (including phenoxy) is 1. The van der Waals surface area contributed by atoms with E-state index in [0.717, 1.165) is 50.5 Å². The summed E-state index contributed by atoms with van der Waals surface area (Å²) in [5, 5.41) is 8.85. The maximum absolute atomic E-state index is 13.1. The second-order valence-electron chi connectivity index (χ2n) is 10.2. The summed E-state index contributed by atoms with van der Waals surface area (Å²) in [6.45, 7) is 2.53. The molecule has 6 heteroatoms. The van der Waals surface area contributed by atoms with Gasteiger partial charge >= 0.3 is 0 Å². The number of amides is 1. The zero-order valence-corrected chi connectivity index (χ0v) is 23.7. The summed E-state index contributed by atoms with van der Waals surface area (Å²) in [7, 11) is 0. The summed E-state index contributed by atoms with van der Waals surface area (Å²) < 4.78 is 7.65. The summed E-state index contributed by atoms with van der Waals surface area (Å²) in [5.41, 5.74) is 10.8. The molecule has 0 unspecified atom stereocenters. The Morgan fingerprint density at radius 1 is 0.767 bits per heavy atom. The van der Waals surface area contributed by atoms with E-state index in [4.69, 9.17) is 4.74 Å². The number of benzene rings is 5. The molecule has 0 radical (unpaired) electrons. The molecule has 0 spiro atoms. The van der Waals surface area contributed by atoms with Gasteiger partial charge in [-0.1, -0.05) is 97.1 Å². The fraction of sp³-hybridized carbons (Fsp3) is 0.0541. The van der Waals surface area contributed by atoms with Gasteiger partial charge in [0, 0.05) is 5.56 Å². The first-order valence-corrected chi connectivity index (χ1v) is 14.1. The molecule has 0 aliphatic carbocycles. The molecule has 1 aromatic heterocycles. The van der Waals surface area contributed by atoms with Crippen molar-refractivity contribution in [3.8, 4) is 33.8 Å². The van der Waals surface area contributed by atoms with Crippen molar-refractivity contribution in [3.05, 3.63) is 162 Å². The molecule has 0 atom stereocenters. The summed E-state index contributed by atoms with van der Waals surface area (Å²) in [6, 6.07) is 45.9. The molecule has 0 fully saturated rings. The number of hydrogen-bond donors (Lipinski definition) is 1. The number of nitrogens with one attached hydrogen (secondary N) is 1. The van der Waals surface area contributed by atoms with Crippen LogP contribution in [0.4, 0.5) is 0 Å². The monoisotopic (exact) mass is 562 g/mol. The minimum Gasteiger partial charge on any atom is -0.489 e. The molecule has 0 aliphatic heterocycles. The van der Waals surface area contributed by atoms with Crippen LogP contribution in [-0.2, 0) is 6.61 Å². The average molecular weight is 563 g/mol. The standard InChI is InChI=1S/C37H30N4O2/c1-27-9-8-14-33(23-27)41-36(32-19-17-31(18-20-32)30-12-6-3-7-13-30)24-35(40-41)37(42)39-38-25-28-15-21-34(22-16-28)43-26-29-10-4-2-5-11-29/h2-25H,26H2,1H3,(H,39,42)/b38-25-. The number of carbonyl (C=O) groups excluding carboxylic acids is 1. The maximum Gasteiger partial charge on any atom is 0.291 e. The summed E-state index contributed by atoms with van der Waals surface area (Å²) in [5.74, 6) is 0.365. The number of aryl methyl sites for hydroxylation is 1. The van der Waals surface area contributed by atoms with Crippen LogP contribution < -0.4 is 10.2 Å². The Bertz CT molecular complexity index is 1840. The van der Waals surface area contributed by atoms with Gasteiger partial charge in [0.05, 0.1) is 17.6 Å². The normalized spacial score (nSPS) is 11.0. The zero-order valence-electron chi connectivity index (χ0n) is 23.7. The third kappa shape index (κ3) is 6.77. The van der Waals surface area contributed by atoms with Gasteiger partial charge in [-0.05, 0) is 77.2 Å². The molecule has 6 rings (SSSR count). The second kappa shape index (κ2) is 12.8. The van der Waals surface area contributed by atoms with E-state index in [2.05, 4.69) is 52.0 Å². The minimum atomic E-state index is -0.396. The minimum absolute atomic E-state index is 0.269. The van der Waals surface area contributed by atoms with Crippen LogP contribution in [-0.4, -0.2) is 21.9 Å². The molecular weight excluding hydrogens is 532 g/mol. The van der Waals surface area contributed by atoms with Gasteiger partial charge in [0.15, 0.2) is 5.69 Å². The van der Waals surface area contributed by atoms with Crippen LogP contribution in [0, 0.1) is 6.92 Å². The molecule has 0 saturated heterocycles. The zero-order chi connectivity index (χ0) is 29.4. The van der Waals surface area contributed by atoms with Gasteiger partial charge in [-0.25, -0.2) is 10.1 Å². The van der Waals surface area contributed by atoms with Crippen molar-refractivity contribution in [2.75, 3.05) is 0 Å². The van der Waals surface area contributed by atoms with Crippen molar-refractivity contribution in [3.63, 3.8) is 0 Å². The molecule has 0 aliphatic rings. The lowest BCUT2D eigenvalue weighted by Gasteiger charge is -2.09. The lowest BCUT2D eigenvalue weighted by atomic mass is 10.0. The van der Waals surface area contributed by atoms with Crippen LogP contribution in [0.1, 0.15) is 27.2 Å². The highest BCUT2D eigenvalue weighted by atomic mass is 16.5. The van der Waals surface area contributed by atoms with Gasteiger partial charge in [-0.3, -0.25) is 4.79 Å². The molecule has 1 N–H and O–H groups in total. The van der Waals surface area contributed by atoms with Gasteiger partial charge in [0.2, 0.25) is 0 Å². The first-order valence-electron chi connectivity index (χ1n) is 14.1. The Morgan fingerprint density at radius 2 is 1.44 bits per heavy atom. The van der Waals surface area contributed by atoms with Gasteiger partial charge in [0.25, 0.3) is 5.91 Å². The van der Waals surface area contributed by atoms with Gasteiger partial charge in [-0.15, -0.1) is 0 Å². The largest absolute Gasteiger partial charge is 0.489 e. The van der Waals surface area contributed by atoms with Crippen molar-refractivity contribution in [1.82, 2.24) is 15.2 Å². The smallest absolute Gasteiger partial charge is 0.291 e. The van der Waals surface area contributed by atoms with Crippen molar-refractivity contribution >= 4 is 12.1 Å². The van der Waals surface area contributed by atoms with Crippen LogP contribution in [0.2, 0.25) is 0 Å². The highest BCUT2D eigenvalue weighted by molar-refractivity contribution is 5.94. The van der Waals surface area contributed by atoms with Crippen molar-refractivity contribution in [2.45, 2.75) is 13.5 Å². The Balaban J connectivity index is 1.18. The Morgan fingerprint density at radius 3 is 2.16 bits per heavy atom. The number of rotatable bonds is 9. The van der Waals surface area contributed by atoms with E-state index in [-0.39, 0.29) is 5.69 Å². The predicted molar refractivity (Wildman–Crippen MR) is 171 cm³/mol. The SMILES string of the molecule is Cc1cccc(-n2nc(C(=O)N/N=C\c3ccc(OCc4ccccc4)cc3)cc2-c2ccc(-c3ccccc3)cc2)c1. The van der Waals surface area contributed by atoms with Crippen LogP contribution in [0.15, 0.2) is 145 Å². The Kier molecular flexibility index (Phi) is 8.18. The first-order chi connectivity index (χ1) is 21.1. The van der Waals surface area contributed by atoms with Gasteiger partial charge in [-0.2, -0.15) is 10.2 Å². The number of carbonyl (C=O) groups is 1. The molecule has 0 bridgehead atoms. The third-order valence-electron chi connectivity index (χ3n) is 6.98. The average Bonchev–Trinajstić information content (AvgIpc) is 3.51. The van der Waals surface area contributed by atoms with Crippen molar-refractivity contribution < 1.29 is 9.53 Å². The topological polar surface area (TPSA) is 68.5 Å². The predicted octanol–water partition coefficient (Wildman–Crippen LogP) is 7.86. The fourth-order valence-electron chi connectivity index (χ4n) is 4.73. The van der Waals surface area contributed by atoms with Crippen LogP contribution >= 0.6 is 0 Å². The molecule has 5 aromatic carbocycles. The highest BCUT2D eigenvalue weighted by Gasteiger charge is 2.17. The fourth-order valence-corrected chi connectivity index (χ4v) is 4.73. The van der Waals surface area contributed by atoms with E-state index >= 15 is 0 Å². The quantitative estimate of drug-likeness (QED) is 0.144. The molecule has 43 heavy (non-hydrogen) atoms. The van der Waals surface area contributed by atoms with E-state index in [1.807, 2.05) is 104 Å². The van der Waals surface area contributed by atoms with Crippen LogP contribution in [0.25, 0.3) is 28.1 Å². The van der Waals surface area contributed by atoms with Crippen molar-refractivity contribution in [1.29, 1.82) is 0 Å².